The highest BCUT2D eigenvalue weighted by Crippen LogP contribution is 2.29. The van der Waals surface area contributed by atoms with Crippen LogP contribution in [0.5, 0.6) is 0 Å². The van der Waals surface area contributed by atoms with Gasteiger partial charge in [0.05, 0.1) is 26.8 Å². The zero-order valence-electron chi connectivity index (χ0n) is 16.1. The lowest BCUT2D eigenvalue weighted by Gasteiger charge is -2.11. The largest absolute Gasteiger partial charge is 0.339 e. The van der Waals surface area contributed by atoms with E-state index in [2.05, 4.69) is 62.2 Å². The Morgan fingerprint density at radius 2 is 2.11 bits per heavy atom. The van der Waals surface area contributed by atoms with Gasteiger partial charge in [-0.15, -0.1) is 0 Å². The van der Waals surface area contributed by atoms with Gasteiger partial charge in [0.15, 0.2) is 5.65 Å². The van der Waals surface area contributed by atoms with Gasteiger partial charge in [-0.25, -0.2) is 4.98 Å². The number of hydrogen-bond donors (Lipinski definition) is 2. The number of fused-ring (bicyclic) bond motifs is 1. The zero-order valence-corrected chi connectivity index (χ0v) is 16.1. The molecule has 0 saturated heterocycles. The molecule has 5 nitrogen and oxygen atoms in total. The van der Waals surface area contributed by atoms with Crippen molar-refractivity contribution in [3.63, 3.8) is 0 Å². The number of aryl methyl sites for hydroxylation is 1. The Hall–Kier alpha value is -3.18. The summed E-state index contributed by atoms with van der Waals surface area (Å²) in [6.07, 6.45) is 13.5. The Balaban J connectivity index is 2.11. The molecule has 138 valence electrons. The van der Waals surface area contributed by atoms with Gasteiger partial charge in [-0.3, -0.25) is 9.38 Å². The molecule has 0 unspecified atom stereocenters. The summed E-state index contributed by atoms with van der Waals surface area (Å²) in [5.74, 6) is 0.914. The molecule has 0 fully saturated rings. The van der Waals surface area contributed by atoms with Crippen LogP contribution in [0.1, 0.15) is 11.3 Å². The number of nitrogens with zero attached hydrogens (tertiary/aromatic N) is 3. The molecule has 27 heavy (non-hydrogen) atoms. The molecule has 0 atom stereocenters. The van der Waals surface area contributed by atoms with E-state index in [-0.39, 0.29) is 0 Å². The molecule has 1 aromatic carbocycles. The summed E-state index contributed by atoms with van der Waals surface area (Å²) in [7, 11) is 4.26. The minimum Gasteiger partial charge on any atom is -0.339 e. The maximum atomic E-state index is 4.82. The summed E-state index contributed by atoms with van der Waals surface area (Å²) >= 11 is 0. The lowest BCUT2D eigenvalue weighted by Crippen LogP contribution is -3.05. The monoisotopic (exact) mass is 360 g/mol. The molecule has 2 heterocycles. The lowest BCUT2D eigenvalue weighted by atomic mass is 10.1. The fraction of sp³-hybridized carbons (Fsp3) is 0.182. The van der Waals surface area contributed by atoms with Crippen LogP contribution in [0.25, 0.3) is 11.2 Å². The van der Waals surface area contributed by atoms with E-state index in [4.69, 9.17) is 4.98 Å². The van der Waals surface area contributed by atoms with Crippen molar-refractivity contribution >= 4 is 22.7 Å². The molecule has 0 aliphatic heterocycles. The number of anilines is 2. The van der Waals surface area contributed by atoms with Crippen LogP contribution in [0, 0.1) is 6.92 Å². The molecule has 3 aromatic rings. The Labute approximate surface area is 160 Å². The number of imidazole rings is 1. The van der Waals surface area contributed by atoms with Crippen LogP contribution in [0.15, 0.2) is 73.7 Å². The van der Waals surface area contributed by atoms with Crippen molar-refractivity contribution in [1.29, 1.82) is 0 Å². The first kappa shape index (κ1) is 18.6. The summed E-state index contributed by atoms with van der Waals surface area (Å²) in [4.78, 5) is 10.4. The van der Waals surface area contributed by atoms with Crippen LogP contribution >= 0.6 is 0 Å². The smallest absolute Gasteiger partial charge is 0.157 e. The van der Waals surface area contributed by atoms with Crippen LogP contribution in [-0.2, 0) is 0 Å². The zero-order chi connectivity index (χ0) is 19.2. The first-order chi connectivity index (χ1) is 13.1. The fourth-order valence-electron chi connectivity index (χ4n) is 2.83. The number of para-hydroxylation sites is 1. The van der Waals surface area contributed by atoms with E-state index in [1.54, 1.807) is 18.5 Å². The number of allylic oxidation sites excluding steroid dienone is 4. The molecule has 0 amide bonds. The third-order valence-corrected chi connectivity index (χ3v) is 4.22. The highest BCUT2D eigenvalue weighted by Gasteiger charge is 2.15. The van der Waals surface area contributed by atoms with Gasteiger partial charge >= 0.3 is 0 Å². The van der Waals surface area contributed by atoms with Crippen molar-refractivity contribution in [3.05, 3.63) is 85.0 Å². The number of aromatic nitrogens is 3. The van der Waals surface area contributed by atoms with Crippen molar-refractivity contribution in [1.82, 2.24) is 14.4 Å². The van der Waals surface area contributed by atoms with E-state index in [1.165, 1.54) is 10.5 Å². The van der Waals surface area contributed by atoms with Crippen molar-refractivity contribution in [3.8, 4) is 0 Å². The fourth-order valence-corrected chi connectivity index (χ4v) is 2.83. The molecule has 5 heteroatoms. The van der Waals surface area contributed by atoms with E-state index in [9.17, 15) is 0 Å². The van der Waals surface area contributed by atoms with Gasteiger partial charge in [-0.2, -0.15) is 0 Å². The summed E-state index contributed by atoms with van der Waals surface area (Å²) in [6.45, 7) is 6.89. The van der Waals surface area contributed by atoms with E-state index >= 15 is 0 Å². The Bertz CT molecular complexity index is 995. The summed E-state index contributed by atoms with van der Waals surface area (Å²) in [6, 6.07) is 8.23. The molecule has 0 aliphatic carbocycles. The third-order valence-electron chi connectivity index (χ3n) is 4.22. The van der Waals surface area contributed by atoms with Crippen molar-refractivity contribution < 1.29 is 4.90 Å². The minimum atomic E-state index is 0.796. The third kappa shape index (κ3) is 4.33. The first-order valence-corrected chi connectivity index (χ1v) is 9.03. The topological polar surface area (TPSA) is 46.7 Å². The average molecular weight is 360 g/mol. The SMILES string of the molecule is C=C/C=C(\C=C/C[NH+](C)C)c1nc2cnccn2c1Nc1ccccc1C. The van der Waals surface area contributed by atoms with Crippen LogP contribution < -0.4 is 10.2 Å². The highest BCUT2D eigenvalue weighted by molar-refractivity contribution is 5.83. The normalized spacial score (nSPS) is 12.2. The molecule has 3 rings (SSSR count). The number of hydrogen-bond acceptors (Lipinski definition) is 3. The molecule has 0 radical (unpaired) electrons. The number of quaternary nitrogens is 1. The van der Waals surface area contributed by atoms with Gasteiger partial charge in [0.1, 0.15) is 11.5 Å². The van der Waals surface area contributed by atoms with Crippen molar-refractivity contribution in [2.45, 2.75) is 6.92 Å². The number of benzene rings is 1. The van der Waals surface area contributed by atoms with E-state index in [1.807, 2.05) is 28.8 Å². The Morgan fingerprint density at radius 3 is 2.85 bits per heavy atom. The van der Waals surface area contributed by atoms with Gasteiger partial charge in [-0.1, -0.05) is 43.0 Å². The molecule has 0 saturated carbocycles. The number of nitrogens with one attached hydrogen (secondary N) is 2. The van der Waals surface area contributed by atoms with E-state index in [0.717, 1.165) is 35.0 Å². The summed E-state index contributed by atoms with van der Waals surface area (Å²) in [5.41, 5.74) is 4.90. The van der Waals surface area contributed by atoms with Gasteiger partial charge < -0.3 is 10.2 Å². The van der Waals surface area contributed by atoms with Crippen LogP contribution in [-0.4, -0.2) is 35.0 Å². The molecular formula is C22H26N5+. The van der Waals surface area contributed by atoms with Crippen LogP contribution in [0.4, 0.5) is 11.5 Å². The molecular weight excluding hydrogens is 334 g/mol. The molecule has 0 bridgehead atoms. The second-order valence-electron chi connectivity index (χ2n) is 6.72. The van der Waals surface area contributed by atoms with Crippen LogP contribution in [0.3, 0.4) is 0 Å². The standard InChI is InChI=1S/C22H25N5/c1-5-9-18(11-8-14-26(3)4)21-22(24-19-12-7-6-10-17(19)2)27-15-13-23-16-20(27)25-21/h5-13,15-16,24H,1,14H2,2-4H3/p+1/b11-8-,18-9+. The Morgan fingerprint density at radius 1 is 1.30 bits per heavy atom. The molecule has 2 N–H and O–H groups in total. The predicted molar refractivity (Wildman–Crippen MR) is 112 cm³/mol. The summed E-state index contributed by atoms with van der Waals surface area (Å²) < 4.78 is 2.02. The van der Waals surface area contributed by atoms with Gasteiger partial charge in [0.2, 0.25) is 0 Å². The van der Waals surface area contributed by atoms with Crippen LogP contribution in [0.2, 0.25) is 0 Å². The highest BCUT2D eigenvalue weighted by atomic mass is 15.1. The second-order valence-corrected chi connectivity index (χ2v) is 6.72. The van der Waals surface area contributed by atoms with Gasteiger partial charge in [-0.05, 0) is 24.6 Å². The predicted octanol–water partition coefficient (Wildman–Crippen LogP) is 3.05. The quantitative estimate of drug-likeness (QED) is 0.637. The molecule has 0 spiro atoms. The Kier molecular flexibility index (Phi) is 5.84. The van der Waals surface area contributed by atoms with E-state index < -0.39 is 0 Å². The van der Waals surface area contributed by atoms with Gasteiger partial charge in [0, 0.05) is 23.7 Å². The maximum absolute atomic E-state index is 4.82. The average Bonchev–Trinajstić information content (AvgIpc) is 3.01. The lowest BCUT2D eigenvalue weighted by molar-refractivity contribution is -0.851. The second kappa shape index (κ2) is 8.47. The first-order valence-electron chi connectivity index (χ1n) is 9.03. The molecule has 0 aliphatic rings. The summed E-state index contributed by atoms with van der Waals surface area (Å²) in [5, 5.41) is 3.56. The van der Waals surface area contributed by atoms with Crippen molar-refractivity contribution in [2.75, 3.05) is 26.0 Å². The van der Waals surface area contributed by atoms with Gasteiger partial charge in [0.25, 0.3) is 0 Å². The minimum absolute atomic E-state index is 0.796. The number of likely N-dealkylation sites (N-methyl/N-ethyl adjacent to an activating group) is 1. The van der Waals surface area contributed by atoms with E-state index in [0.29, 0.717) is 0 Å². The van der Waals surface area contributed by atoms with Crippen molar-refractivity contribution in [2.24, 2.45) is 0 Å². The maximum Gasteiger partial charge on any atom is 0.157 e. The number of rotatable bonds is 7. The molecule has 2 aromatic heterocycles.